The second-order valence-electron chi connectivity index (χ2n) is 5.99. The van der Waals surface area contributed by atoms with E-state index in [0.29, 0.717) is 12.1 Å². The minimum atomic E-state index is -1.01. The molecule has 122 valence electrons. The number of hydrogen-bond acceptors (Lipinski definition) is 4. The number of hydrogen-bond donors (Lipinski definition) is 2. The van der Waals surface area contributed by atoms with Crippen LogP contribution in [0.25, 0.3) is 0 Å². The van der Waals surface area contributed by atoms with Crippen molar-refractivity contribution in [3.05, 3.63) is 75.3 Å². The molecule has 0 amide bonds. The zero-order valence-corrected chi connectivity index (χ0v) is 13.6. The molecule has 0 spiro atoms. The van der Waals surface area contributed by atoms with Crippen molar-refractivity contribution < 1.29 is 10.0 Å². The minimum absolute atomic E-state index is 0.106. The number of nitrogens with zero attached hydrogens (tertiary/aromatic N) is 1. The number of nitro benzene ring substituents is 1. The monoisotopic (exact) mass is 314 g/mol. The number of rotatable bonds is 6. The van der Waals surface area contributed by atoms with Crippen molar-refractivity contribution in [2.45, 2.75) is 32.4 Å². The zero-order chi connectivity index (χ0) is 17.0. The second-order valence-corrected chi connectivity index (χ2v) is 5.99. The third-order valence-electron chi connectivity index (χ3n) is 4.16. The lowest BCUT2D eigenvalue weighted by molar-refractivity contribution is -0.385. The molecule has 0 saturated heterocycles. The van der Waals surface area contributed by atoms with E-state index in [-0.39, 0.29) is 16.7 Å². The third kappa shape index (κ3) is 3.94. The van der Waals surface area contributed by atoms with E-state index in [1.165, 1.54) is 6.07 Å². The van der Waals surface area contributed by atoms with Crippen LogP contribution in [0.3, 0.4) is 0 Å². The molecule has 0 aliphatic rings. The van der Waals surface area contributed by atoms with Crippen molar-refractivity contribution in [3.8, 4) is 0 Å². The molecule has 0 bridgehead atoms. The van der Waals surface area contributed by atoms with E-state index in [0.717, 1.165) is 11.1 Å². The van der Waals surface area contributed by atoms with Crippen LogP contribution >= 0.6 is 0 Å². The van der Waals surface area contributed by atoms with Crippen LogP contribution in [-0.4, -0.2) is 16.6 Å². The first-order chi connectivity index (χ1) is 10.8. The standard InChI is InChI=1S/C18H22N2O3/c1-13-16(10-7-11-17(13)20(22)23)14(2)19-12-18(3,21)15-8-5-4-6-9-15/h4-11,14,19,21H,12H2,1-3H3. The first kappa shape index (κ1) is 17.1. The molecule has 2 unspecified atom stereocenters. The van der Waals surface area contributed by atoms with Crippen LogP contribution < -0.4 is 5.32 Å². The highest BCUT2D eigenvalue weighted by Gasteiger charge is 2.24. The van der Waals surface area contributed by atoms with Crippen molar-refractivity contribution in [1.29, 1.82) is 0 Å². The molecule has 2 aromatic rings. The zero-order valence-electron chi connectivity index (χ0n) is 13.6. The van der Waals surface area contributed by atoms with Gasteiger partial charge in [-0.05, 0) is 31.9 Å². The average Bonchev–Trinajstić information content (AvgIpc) is 2.53. The maximum atomic E-state index is 11.0. The predicted octanol–water partition coefficient (Wildman–Crippen LogP) is 3.46. The minimum Gasteiger partial charge on any atom is -0.384 e. The summed E-state index contributed by atoms with van der Waals surface area (Å²) >= 11 is 0. The molecule has 2 aromatic carbocycles. The van der Waals surface area contributed by atoms with Crippen molar-refractivity contribution in [2.24, 2.45) is 0 Å². The smallest absolute Gasteiger partial charge is 0.272 e. The second kappa shape index (κ2) is 6.89. The fourth-order valence-electron chi connectivity index (χ4n) is 2.67. The number of benzene rings is 2. The Balaban J connectivity index is 2.13. The van der Waals surface area contributed by atoms with Gasteiger partial charge in [0.05, 0.1) is 10.5 Å². The lowest BCUT2D eigenvalue weighted by atomic mass is 9.94. The summed E-state index contributed by atoms with van der Waals surface area (Å²) in [6.07, 6.45) is 0. The third-order valence-corrected chi connectivity index (χ3v) is 4.16. The summed E-state index contributed by atoms with van der Waals surface area (Å²) in [5, 5.41) is 24.9. The summed E-state index contributed by atoms with van der Waals surface area (Å²) in [6, 6.07) is 14.4. The molecule has 0 saturated carbocycles. The van der Waals surface area contributed by atoms with E-state index in [9.17, 15) is 15.2 Å². The summed E-state index contributed by atoms with van der Waals surface area (Å²) in [6.45, 7) is 5.79. The van der Waals surface area contributed by atoms with Crippen molar-refractivity contribution in [3.63, 3.8) is 0 Å². The van der Waals surface area contributed by atoms with Gasteiger partial charge >= 0.3 is 0 Å². The van der Waals surface area contributed by atoms with Gasteiger partial charge in [-0.15, -0.1) is 0 Å². The number of nitro groups is 1. The summed E-state index contributed by atoms with van der Waals surface area (Å²) in [7, 11) is 0. The van der Waals surface area contributed by atoms with E-state index in [1.54, 1.807) is 19.9 Å². The highest BCUT2D eigenvalue weighted by atomic mass is 16.6. The Hall–Kier alpha value is -2.24. The first-order valence-electron chi connectivity index (χ1n) is 7.58. The van der Waals surface area contributed by atoms with Gasteiger partial charge in [0.2, 0.25) is 0 Å². The van der Waals surface area contributed by atoms with Gasteiger partial charge in [0, 0.05) is 24.2 Å². The van der Waals surface area contributed by atoms with Crippen LogP contribution in [0.15, 0.2) is 48.5 Å². The topological polar surface area (TPSA) is 75.4 Å². The van der Waals surface area contributed by atoms with Crippen LogP contribution in [-0.2, 0) is 5.60 Å². The maximum Gasteiger partial charge on any atom is 0.272 e. The Labute approximate surface area is 136 Å². The quantitative estimate of drug-likeness (QED) is 0.632. The number of aliphatic hydroxyl groups is 1. The summed E-state index contributed by atoms with van der Waals surface area (Å²) in [4.78, 5) is 10.7. The van der Waals surface area contributed by atoms with E-state index >= 15 is 0 Å². The average molecular weight is 314 g/mol. The van der Waals surface area contributed by atoms with Crippen molar-refractivity contribution >= 4 is 5.69 Å². The van der Waals surface area contributed by atoms with Gasteiger partial charge in [0.1, 0.15) is 0 Å². The van der Waals surface area contributed by atoms with E-state index in [2.05, 4.69) is 5.32 Å². The molecule has 2 rings (SSSR count). The molecule has 0 radical (unpaired) electrons. The van der Waals surface area contributed by atoms with Crippen molar-refractivity contribution in [1.82, 2.24) is 5.32 Å². The van der Waals surface area contributed by atoms with E-state index in [1.807, 2.05) is 43.3 Å². The van der Waals surface area contributed by atoms with Gasteiger partial charge in [-0.3, -0.25) is 10.1 Å². The number of nitrogens with one attached hydrogen (secondary N) is 1. The van der Waals surface area contributed by atoms with Gasteiger partial charge in [0.15, 0.2) is 0 Å². The molecule has 23 heavy (non-hydrogen) atoms. The predicted molar refractivity (Wildman–Crippen MR) is 90.3 cm³/mol. The first-order valence-corrected chi connectivity index (χ1v) is 7.58. The van der Waals surface area contributed by atoms with E-state index in [4.69, 9.17) is 0 Å². The Morgan fingerprint density at radius 3 is 2.48 bits per heavy atom. The van der Waals surface area contributed by atoms with Crippen LogP contribution in [0.2, 0.25) is 0 Å². The highest BCUT2D eigenvalue weighted by molar-refractivity contribution is 5.45. The summed E-state index contributed by atoms with van der Waals surface area (Å²) < 4.78 is 0. The molecule has 2 atom stereocenters. The summed E-state index contributed by atoms with van der Waals surface area (Å²) in [5.41, 5.74) is 1.45. The van der Waals surface area contributed by atoms with E-state index < -0.39 is 5.60 Å². The van der Waals surface area contributed by atoms with Crippen LogP contribution in [0.4, 0.5) is 5.69 Å². The molecular formula is C18H22N2O3. The Morgan fingerprint density at radius 2 is 1.87 bits per heavy atom. The molecular weight excluding hydrogens is 292 g/mol. The van der Waals surface area contributed by atoms with Crippen molar-refractivity contribution in [2.75, 3.05) is 6.54 Å². The van der Waals surface area contributed by atoms with Gasteiger partial charge in [-0.25, -0.2) is 0 Å². The van der Waals surface area contributed by atoms with Crippen LogP contribution in [0.1, 0.15) is 36.6 Å². The molecule has 0 fully saturated rings. The van der Waals surface area contributed by atoms with Gasteiger partial charge in [0.25, 0.3) is 5.69 Å². The normalized spacial score (nSPS) is 15.0. The lowest BCUT2D eigenvalue weighted by Gasteiger charge is -2.27. The molecule has 0 aliphatic carbocycles. The summed E-state index contributed by atoms with van der Waals surface area (Å²) in [5.74, 6) is 0. The van der Waals surface area contributed by atoms with Gasteiger partial charge < -0.3 is 10.4 Å². The fraction of sp³-hybridized carbons (Fsp3) is 0.333. The fourth-order valence-corrected chi connectivity index (χ4v) is 2.67. The molecule has 0 heterocycles. The van der Waals surface area contributed by atoms with Gasteiger partial charge in [-0.2, -0.15) is 0 Å². The maximum absolute atomic E-state index is 11.0. The largest absolute Gasteiger partial charge is 0.384 e. The molecule has 5 nitrogen and oxygen atoms in total. The highest BCUT2D eigenvalue weighted by Crippen LogP contribution is 2.27. The lowest BCUT2D eigenvalue weighted by Crippen LogP contribution is -2.36. The SMILES string of the molecule is Cc1c(C(C)NCC(C)(O)c2ccccc2)cccc1[N+](=O)[O-]. The Bertz CT molecular complexity index is 684. The van der Waals surface area contributed by atoms with Crippen LogP contribution in [0, 0.1) is 17.0 Å². The van der Waals surface area contributed by atoms with Gasteiger partial charge in [-0.1, -0.05) is 42.5 Å². The Morgan fingerprint density at radius 1 is 1.22 bits per heavy atom. The molecule has 2 N–H and O–H groups in total. The van der Waals surface area contributed by atoms with Crippen LogP contribution in [0.5, 0.6) is 0 Å². The molecule has 5 heteroatoms. The molecule has 0 aromatic heterocycles. The molecule has 0 aliphatic heterocycles. The Kier molecular flexibility index (Phi) is 5.13.